The number of benzene rings is 1. The summed E-state index contributed by atoms with van der Waals surface area (Å²) in [4.78, 5) is 29.7. The molecule has 148 valence electrons. The molecule has 1 amide bonds. The summed E-state index contributed by atoms with van der Waals surface area (Å²) in [5.74, 6) is 0.806. The van der Waals surface area contributed by atoms with Gasteiger partial charge in [0.25, 0.3) is 0 Å². The number of carbonyl (C=O) groups excluding carboxylic acids is 2. The van der Waals surface area contributed by atoms with Gasteiger partial charge in [-0.3, -0.25) is 9.89 Å². The van der Waals surface area contributed by atoms with E-state index in [-0.39, 0.29) is 18.9 Å². The van der Waals surface area contributed by atoms with Crippen molar-refractivity contribution in [3.05, 3.63) is 53.5 Å². The number of amides is 1. The first-order chi connectivity index (χ1) is 14.0. The highest BCUT2D eigenvalue weighted by Crippen LogP contribution is 2.41. The average Bonchev–Trinajstić information content (AvgIpc) is 3.26. The van der Waals surface area contributed by atoms with Gasteiger partial charge in [-0.1, -0.05) is 6.07 Å². The zero-order valence-electron chi connectivity index (χ0n) is 16.0. The van der Waals surface area contributed by atoms with E-state index in [2.05, 4.69) is 15.2 Å². The fourth-order valence-electron chi connectivity index (χ4n) is 3.65. The Bertz CT molecular complexity index is 1140. The van der Waals surface area contributed by atoms with Crippen LogP contribution in [0.4, 0.5) is 10.1 Å². The lowest BCUT2D eigenvalue weighted by atomic mass is 9.94. The Morgan fingerprint density at radius 2 is 2.21 bits per heavy atom. The number of nitrogens with zero attached hydrogens (tertiary/aromatic N) is 3. The summed E-state index contributed by atoms with van der Waals surface area (Å²) < 4.78 is 20.5. The van der Waals surface area contributed by atoms with Gasteiger partial charge in [0.1, 0.15) is 17.3 Å². The van der Waals surface area contributed by atoms with Gasteiger partial charge in [0.2, 0.25) is 11.8 Å². The van der Waals surface area contributed by atoms with Crippen LogP contribution < -0.4 is 9.64 Å². The quantitative estimate of drug-likeness (QED) is 0.649. The molecule has 29 heavy (non-hydrogen) atoms. The van der Waals surface area contributed by atoms with E-state index >= 15 is 0 Å². The Morgan fingerprint density at radius 1 is 1.38 bits per heavy atom. The van der Waals surface area contributed by atoms with Crippen LogP contribution in [0.3, 0.4) is 0 Å². The van der Waals surface area contributed by atoms with Gasteiger partial charge in [-0.25, -0.2) is 14.2 Å². The molecule has 8 heteroatoms. The summed E-state index contributed by atoms with van der Waals surface area (Å²) in [5.41, 5.74) is 2.66. The standard InChI is InChI=1S/C21H19FN4O3/c1-12(11-27)10-26-18-5-3-4-15(22)20(18)14(21(26)28)8-13(2)29-19-7-6-16-17(24-19)9-23-25-16/h3-7,9,13-14H,8,10H2,1-2H3,(H,23,25). The van der Waals surface area contributed by atoms with Crippen molar-refractivity contribution in [3.63, 3.8) is 0 Å². The highest BCUT2D eigenvalue weighted by atomic mass is 19.1. The van der Waals surface area contributed by atoms with E-state index in [0.29, 0.717) is 28.2 Å². The van der Waals surface area contributed by atoms with Gasteiger partial charge in [0, 0.05) is 17.2 Å². The smallest absolute Gasteiger partial charge is 0.235 e. The van der Waals surface area contributed by atoms with Crippen LogP contribution in [0, 0.1) is 5.82 Å². The van der Waals surface area contributed by atoms with E-state index in [1.165, 1.54) is 11.0 Å². The molecule has 0 bridgehead atoms. The first-order valence-electron chi connectivity index (χ1n) is 9.25. The van der Waals surface area contributed by atoms with E-state index in [0.717, 1.165) is 5.52 Å². The third-order valence-electron chi connectivity index (χ3n) is 4.96. The lowest BCUT2D eigenvalue weighted by Gasteiger charge is -2.19. The van der Waals surface area contributed by atoms with Crippen LogP contribution >= 0.6 is 0 Å². The number of hydrogen-bond donors (Lipinski definition) is 1. The number of rotatable bonds is 6. The molecule has 2 aromatic heterocycles. The summed E-state index contributed by atoms with van der Waals surface area (Å²) in [7, 11) is 0. The van der Waals surface area contributed by atoms with Gasteiger partial charge >= 0.3 is 0 Å². The Labute approximate surface area is 166 Å². The zero-order valence-corrected chi connectivity index (χ0v) is 16.0. The molecule has 0 saturated heterocycles. The van der Waals surface area contributed by atoms with Crippen LogP contribution in [-0.2, 0) is 9.59 Å². The van der Waals surface area contributed by atoms with Crippen molar-refractivity contribution in [1.82, 2.24) is 15.2 Å². The number of pyridine rings is 1. The molecular weight excluding hydrogens is 375 g/mol. The number of fused-ring (bicyclic) bond motifs is 2. The van der Waals surface area contributed by atoms with Crippen molar-refractivity contribution in [2.45, 2.75) is 32.3 Å². The largest absolute Gasteiger partial charge is 0.475 e. The molecule has 7 nitrogen and oxygen atoms in total. The Kier molecular flexibility index (Phi) is 4.86. The molecule has 1 aliphatic heterocycles. The van der Waals surface area contributed by atoms with Crippen molar-refractivity contribution < 1.29 is 18.7 Å². The van der Waals surface area contributed by atoms with Crippen molar-refractivity contribution in [2.24, 2.45) is 0 Å². The summed E-state index contributed by atoms with van der Waals surface area (Å²) in [6.07, 6.45) is 1.48. The molecule has 3 aromatic rings. The van der Waals surface area contributed by atoms with E-state index in [1.54, 1.807) is 37.3 Å². The molecule has 0 fully saturated rings. The van der Waals surface area contributed by atoms with Crippen LogP contribution in [0.2, 0.25) is 0 Å². The fourth-order valence-corrected chi connectivity index (χ4v) is 3.65. The number of aromatic nitrogens is 3. The van der Waals surface area contributed by atoms with Crippen LogP contribution in [0.5, 0.6) is 5.88 Å². The highest BCUT2D eigenvalue weighted by molar-refractivity contribution is 6.05. The van der Waals surface area contributed by atoms with Crippen molar-refractivity contribution in [2.75, 3.05) is 11.4 Å². The van der Waals surface area contributed by atoms with Gasteiger partial charge in [0.15, 0.2) is 0 Å². The fraction of sp³-hybridized carbons (Fsp3) is 0.286. The molecular formula is C21H19FN4O3. The molecule has 2 atom stereocenters. The second kappa shape index (κ2) is 7.48. The van der Waals surface area contributed by atoms with Crippen molar-refractivity contribution in [3.8, 4) is 5.88 Å². The summed E-state index contributed by atoms with van der Waals surface area (Å²) in [5, 5.41) is 6.74. The normalized spacial score (nSPS) is 16.6. The number of anilines is 1. The Morgan fingerprint density at radius 3 is 3.00 bits per heavy atom. The number of carbonyl (C=O) groups is 1. The topological polar surface area (TPSA) is 88.2 Å². The average molecular weight is 394 g/mol. The molecule has 3 heterocycles. The second-order valence-corrected chi connectivity index (χ2v) is 7.15. The molecule has 1 aromatic carbocycles. The van der Waals surface area contributed by atoms with Crippen LogP contribution in [0.1, 0.15) is 31.7 Å². The maximum atomic E-state index is 14.6. The van der Waals surface area contributed by atoms with Crippen LogP contribution in [-0.4, -0.2) is 39.7 Å². The molecule has 0 spiro atoms. The molecule has 0 radical (unpaired) electrons. The minimum Gasteiger partial charge on any atom is -0.475 e. The number of hydrogen-bond acceptors (Lipinski definition) is 5. The number of aromatic amines is 1. The minimum absolute atomic E-state index is 0.0865. The lowest BCUT2D eigenvalue weighted by Crippen LogP contribution is -2.32. The van der Waals surface area contributed by atoms with Gasteiger partial charge in [0.05, 0.1) is 36.0 Å². The monoisotopic (exact) mass is 394 g/mol. The predicted molar refractivity (Wildman–Crippen MR) is 105 cm³/mol. The summed E-state index contributed by atoms with van der Waals surface area (Å²) in [6.45, 7) is 3.49. The maximum Gasteiger partial charge on any atom is 0.235 e. The first-order valence-corrected chi connectivity index (χ1v) is 9.25. The Hall–Kier alpha value is -3.51. The van der Waals surface area contributed by atoms with Gasteiger partial charge in [-0.15, -0.1) is 0 Å². The third kappa shape index (κ3) is 3.50. The lowest BCUT2D eigenvalue weighted by molar-refractivity contribution is -0.119. The molecule has 4 rings (SSSR count). The van der Waals surface area contributed by atoms with E-state index in [1.807, 2.05) is 13.0 Å². The summed E-state index contributed by atoms with van der Waals surface area (Å²) >= 11 is 0. The molecule has 0 aliphatic carbocycles. The summed E-state index contributed by atoms with van der Waals surface area (Å²) in [6, 6.07) is 8.11. The number of H-pyrrole nitrogens is 1. The predicted octanol–water partition coefficient (Wildman–Crippen LogP) is 3.16. The second-order valence-electron chi connectivity index (χ2n) is 7.15. The number of ether oxygens (including phenoxy) is 1. The molecule has 1 N–H and O–H groups in total. The minimum atomic E-state index is -0.696. The van der Waals surface area contributed by atoms with Crippen molar-refractivity contribution >= 4 is 28.6 Å². The van der Waals surface area contributed by atoms with Gasteiger partial charge in [-0.05, 0) is 38.5 Å². The highest BCUT2D eigenvalue weighted by Gasteiger charge is 2.40. The van der Waals surface area contributed by atoms with E-state index in [4.69, 9.17) is 4.74 Å². The SMILES string of the molecule is CC(=C=O)CN1C(=O)C(CC(C)Oc2ccc3[nH]ncc3n2)c2c(F)cccc21. The van der Waals surface area contributed by atoms with Crippen LogP contribution in [0.15, 0.2) is 42.1 Å². The van der Waals surface area contributed by atoms with Gasteiger partial charge in [-0.2, -0.15) is 5.10 Å². The molecule has 1 aliphatic rings. The number of nitrogens with one attached hydrogen (secondary N) is 1. The van der Waals surface area contributed by atoms with Crippen LogP contribution in [0.25, 0.3) is 11.0 Å². The van der Waals surface area contributed by atoms with Gasteiger partial charge < -0.3 is 9.64 Å². The Balaban J connectivity index is 1.57. The van der Waals surface area contributed by atoms with Crippen molar-refractivity contribution in [1.29, 1.82) is 0 Å². The van der Waals surface area contributed by atoms with E-state index in [9.17, 15) is 14.0 Å². The molecule has 2 unspecified atom stereocenters. The number of halogens is 1. The maximum absolute atomic E-state index is 14.6. The first kappa shape index (κ1) is 18.8. The third-order valence-corrected chi connectivity index (χ3v) is 4.96. The zero-order chi connectivity index (χ0) is 20.5. The molecule has 0 saturated carbocycles. The van der Waals surface area contributed by atoms with E-state index < -0.39 is 17.8 Å².